The van der Waals surface area contributed by atoms with E-state index in [0.717, 1.165) is 28.9 Å². The van der Waals surface area contributed by atoms with Crippen molar-refractivity contribution in [3.63, 3.8) is 0 Å². The molecule has 0 aliphatic carbocycles. The number of hydrogen-bond acceptors (Lipinski definition) is 6. The van der Waals surface area contributed by atoms with E-state index in [9.17, 15) is 18.5 Å². The van der Waals surface area contributed by atoms with Crippen molar-refractivity contribution in [2.45, 2.75) is 24.7 Å². The Labute approximate surface area is 171 Å². The van der Waals surface area contributed by atoms with Crippen LogP contribution in [0.25, 0.3) is 0 Å². The molecule has 0 bridgehead atoms. The number of hydrazone groups is 1. The van der Waals surface area contributed by atoms with Crippen LogP contribution in [0.2, 0.25) is 0 Å². The lowest BCUT2D eigenvalue weighted by Crippen LogP contribution is -2.27. The number of nitrogens with zero attached hydrogens (tertiary/aromatic N) is 3. The van der Waals surface area contributed by atoms with Gasteiger partial charge in [0, 0.05) is 29.2 Å². The molecule has 0 aromatic heterocycles. The zero-order valence-electron chi connectivity index (χ0n) is 15.1. The molecule has 0 radical (unpaired) electrons. The van der Waals surface area contributed by atoms with Gasteiger partial charge in [0.05, 0.1) is 15.5 Å². The minimum Gasteiger partial charge on any atom is -0.271 e. The zero-order valence-corrected chi connectivity index (χ0v) is 17.5. The van der Waals surface area contributed by atoms with Gasteiger partial charge in [-0.3, -0.25) is 15.5 Å². The third-order valence-electron chi connectivity index (χ3n) is 4.48. The van der Waals surface area contributed by atoms with E-state index in [1.54, 1.807) is 6.92 Å². The van der Waals surface area contributed by atoms with Gasteiger partial charge >= 0.3 is 0 Å². The lowest BCUT2D eigenvalue weighted by Gasteiger charge is -2.15. The molecule has 3 rings (SSSR count). The number of rotatable bonds is 6. The van der Waals surface area contributed by atoms with Gasteiger partial charge < -0.3 is 0 Å². The summed E-state index contributed by atoms with van der Waals surface area (Å²) < 4.78 is 27.5. The predicted octanol–water partition coefficient (Wildman–Crippen LogP) is 3.98. The Bertz CT molecular complexity index is 1030. The summed E-state index contributed by atoms with van der Waals surface area (Å²) in [5.41, 5.74) is 3.92. The average molecular weight is 467 g/mol. The third kappa shape index (κ3) is 4.23. The monoisotopic (exact) mass is 466 g/mol. The largest absolute Gasteiger partial charge is 0.295 e. The van der Waals surface area contributed by atoms with Crippen LogP contribution in [-0.2, 0) is 10.0 Å². The van der Waals surface area contributed by atoms with E-state index >= 15 is 0 Å². The van der Waals surface area contributed by atoms with Crippen LogP contribution in [0.15, 0.2) is 56.9 Å². The fourth-order valence-corrected chi connectivity index (χ4v) is 5.06. The lowest BCUT2D eigenvalue weighted by molar-refractivity contribution is -0.384. The Morgan fingerprint density at radius 2 is 1.89 bits per heavy atom. The number of halogens is 1. The zero-order chi connectivity index (χ0) is 20.3. The van der Waals surface area contributed by atoms with E-state index in [1.165, 1.54) is 16.4 Å². The maximum absolute atomic E-state index is 12.7. The van der Waals surface area contributed by atoms with Crippen molar-refractivity contribution in [1.82, 2.24) is 4.31 Å². The molecule has 1 fully saturated rings. The number of sulfonamides is 1. The Kier molecular flexibility index (Phi) is 6.11. The molecule has 148 valence electrons. The van der Waals surface area contributed by atoms with Gasteiger partial charge in [0.25, 0.3) is 5.69 Å². The summed E-state index contributed by atoms with van der Waals surface area (Å²) >= 11 is 3.44. The smallest absolute Gasteiger partial charge is 0.271 e. The Hall–Kier alpha value is -2.30. The summed E-state index contributed by atoms with van der Waals surface area (Å²) in [6.45, 7) is 2.64. The minimum atomic E-state index is -3.73. The maximum Gasteiger partial charge on any atom is 0.295 e. The van der Waals surface area contributed by atoms with E-state index in [4.69, 9.17) is 0 Å². The van der Waals surface area contributed by atoms with Crippen LogP contribution in [0.4, 0.5) is 11.4 Å². The summed E-state index contributed by atoms with van der Waals surface area (Å²) in [6, 6.07) is 11.3. The predicted molar refractivity (Wildman–Crippen MR) is 111 cm³/mol. The van der Waals surface area contributed by atoms with Crippen LogP contribution < -0.4 is 5.43 Å². The van der Waals surface area contributed by atoms with Gasteiger partial charge in [0.15, 0.2) is 0 Å². The van der Waals surface area contributed by atoms with Gasteiger partial charge in [0.2, 0.25) is 10.0 Å². The Morgan fingerprint density at radius 1 is 1.21 bits per heavy atom. The normalized spacial score (nSPS) is 15.6. The number of benzene rings is 2. The summed E-state index contributed by atoms with van der Waals surface area (Å²) in [5, 5.41) is 15.7. The van der Waals surface area contributed by atoms with Crippen LogP contribution in [0.3, 0.4) is 0 Å². The van der Waals surface area contributed by atoms with Crippen LogP contribution in [-0.4, -0.2) is 36.4 Å². The molecule has 1 saturated heterocycles. The second-order valence-electron chi connectivity index (χ2n) is 6.34. The lowest BCUT2D eigenvalue weighted by atomic mass is 10.1. The molecule has 1 heterocycles. The topological polar surface area (TPSA) is 105 Å². The van der Waals surface area contributed by atoms with Crippen molar-refractivity contribution in [3.8, 4) is 0 Å². The van der Waals surface area contributed by atoms with Crippen molar-refractivity contribution in [3.05, 3.63) is 62.6 Å². The fourth-order valence-electron chi connectivity index (χ4n) is 2.95. The molecule has 0 saturated carbocycles. The van der Waals surface area contributed by atoms with E-state index < -0.39 is 14.9 Å². The first-order valence-corrected chi connectivity index (χ1v) is 10.9. The second kappa shape index (κ2) is 8.38. The van der Waals surface area contributed by atoms with E-state index in [2.05, 4.69) is 26.5 Å². The molecule has 2 aromatic rings. The number of hydrogen-bond donors (Lipinski definition) is 1. The molecule has 8 nitrogen and oxygen atoms in total. The van der Waals surface area contributed by atoms with Crippen molar-refractivity contribution >= 4 is 43.0 Å². The first-order valence-electron chi connectivity index (χ1n) is 8.64. The first-order chi connectivity index (χ1) is 13.3. The second-order valence-corrected chi connectivity index (χ2v) is 9.13. The average Bonchev–Trinajstić information content (AvgIpc) is 3.22. The molecule has 0 amide bonds. The van der Waals surface area contributed by atoms with Crippen LogP contribution in [0.1, 0.15) is 25.3 Å². The van der Waals surface area contributed by atoms with E-state index in [0.29, 0.717) is 18.8 Å². The molecule has 2 aromatic carbocycles. The molecule has 1 aliphatic rings. The van der Waals surface area contributed by atoms with Crippen molar-refractivity contribution < 1.29 is 13.3 Å². The molecule has 0 unspecified atom stereocenters. The van der Waals surface area contributed by atoms with Gasteiger partial charge in [-0.25, -0.2) is 8.42 Å². The quantitative estimate of drug-likeness (QED) is 0.393. The van der Waals surface area contributed by atoms with Gasteiger partial charge in [-0.05, 0) is 38.0 Å². The van der Waals surface area contributed by atoms with Gasteiger partial charge in [-0.1, -0.05) is 34.1 Å². The maximum atomic E-state index is 12.7. The molecular weight excluding hydrogens is 448 g/mol. The fraction of sp³-hybridized carbons (Fsp3) is 0.278. The van der Waals surface area contributed by atoms with Gasteiger partial charge in [-0.15, -0.1) is 0 Å². The standard InChI is InChI=1S/C18H19BrN4O4S/c1-13(15-6-2-3-7-16(15)19)20-21-17-9-8-14(12-18(17)23(24)25)28(26,27)22-10-4-5-11-22/h2-3,6-9,12,21H,4-5,10-11H2,1H3/b20-13-. The number of anilines is 1. The highest BCUT2D eigenvalue weighted by atomic mass is 79.9. The van der Waals surface area contributed by atoms with E-state index in [1.807, 2.05) is 24.3 Å². The highest BCUT2D eigenvalue weighted by Gasteiger charge is 2.29. The highest BCUT2D eigenvalue weighted by molar-refractivity contribution is 9.10. The molecule has 0 atom stereocenters. The molecule has 1 aliphatic heterocycles. The summed E-state index contributed by atoms with van der Waals surface area (Å²) in [7, 11) is -3.73. The molecule has 28 heavy (non-hydrogen) atoms. The number of nitrogens with one attached hydrogen (secondary N) is 1. The summed E-state index contributed by atoms with van der Waals surface area (Å²) in [5.74, 6) is 0. The molecule has 0 spiro atoms. The molecule has 10 heteroatoms. The van der Waals surface area contributed by atoms with Crippen LogP contribution in [0.5, 0.6) is 0 Å². The molecule has 1 N–H and O–H groups in total. The van der Waals surface area contributed by atoms with Crippen molar-refractivity contribution in [2.24, 2.45) is 5.10 Å². The van der Waals surface area contributed by atoms with Gasteiger partial charge in [0.1, 0.15) is 5.69 Å². The number of nitro groups is 1. The van der Waals surface area contributed by atoms with Crippen molar-refractivity contribution in [1.29, 1.82) is 0 Å². The van der Waals surface area contributed by atoms with Crippen LogP contribution in [0, 0.1) is 10.1 Å². The van der Waals surface area contributed by atoms with E-state index in [-0.39, 0.29) is 16.3 Å². The summed E-state index contributed by atoms with van der Waals surface area (Å²) in [6.07, 6.45) is 1.59. The third-order valence-corrected chi connectivity index (χ3v) is 7.06. The molecular formula is C18H19BrN4O4S. The Balaban J connectivity index is 1.91. The highest BCUT2D eigenvalue weighted by Crippen LogP contribution is 2.30. The van der Waals surface area contributed by atoms with Crippen LogP contribution >= 0.6 is 15.9 Å². The minimum absolute atomic E-state index is 0.0850. The van der Waals surface area contributed by atoms with Crippen molar-refractivity contribution in [2.75, 3.05) is 18.5 Å². The first kappa shape index (κ1) is 20.4. The number of nitro benzene ring substituents is 1. The Morgan fingerprint density at radius 3 is 2.54 bits per heavy atom. The van der Waals surface area contributed by atoms with Gasteiger partial charge in [-0.2, -0.15) is 9.41 Å². The SMILES string of the molecule is C/C(=N/Nc1ccc(S(=O)(=O)N2CCCC2)cc1[N+](=O)[O-])c1ccccc1Br. The summed E-state index contributed by atoms with van der Waals surface area (Å²) in [4.78, 5) is 10.8.